The summed E-state index contributed by atoms with van der Waals surface area (Å²) in [4.78, 5) is 4.38. The highest BCUT2D eigenvalue weighted by Crippen LogP contribution is 2.27. The Morgan fingerprint density at radius 1 is 1.31 bits per heavy atom. The van der Waals surface area contributed by atoms with Gasteiger partial charge in [0.15, 0.2) is 0 Å². The molecule has 0 amide bonds. The monoisotopic (exact) mass is 231 g/mol. The molecular formula is C12H10ClN3. The minimum absolute atomic E-state index is 0.469. The van der Waals surface area contributed by atoms with Crippen molar-refractivity contribution in [2.45, 2.75) is 6.54 Å². The van der Waals surface area contributed by atoms with Crippen molar-refractivity contribution in [3.63, 3.8) is 0 Å². The molecule has 0 aliphatic rings. The second kappa shape index (κ2) is 3.47. The Bertz CT molecular complexity index is 672. The molecule has 4 heteroatoms. The fraction of sp³-hybridized carbons (Fsp3) is 0.0833. The van der Waals surface area contributed by atoms with Crippen molar-refractivity contribution < 1.29 is 0 Å². The van der Waals surface area contributed by atoms with Crippen molar-refractivity contribution in [3.05, 3.63) is 47.4 Å². The molecule has 0 aliphatic carbocycles. The number of rotatable bonds is 1. The smallest absolute Gasteiger partial charge is 0.146 e. The summed E-state index contributed by atoms with van der Waals surface area (Å²) in [7, 11) is 0. The fourth-order valence-corrected chi connectivity index (χ4v) is 2.24. The van der Waals surface area contributed by atoms with Crippen molar-refractivity contribution in [1.29, 1.82) is 0 Å². The zero-order chi connectivity index (χ0) is 11.1. The molecule has 0 radical (unpaired) electrons. The Morgan fingerprint density at radius 3 is 3.00 bits per heavy atom. The van der Waals surface area contributed by atoms with Crippen LogP contribution in [0.3, 0.4) is 0 Å². The van der Waals surface area contributed by atoms with Gasteiger partial charge in [0.2, 0.25) is 0 Å². The number of nitrogens with two attached hydrogens (primary N) is 1. The van der Waals surface area contributed by atoms with Gasteiger partial charge in [-0.3, -0.25) is 0 Å². The lowest BCUT2D eigenvalue weighted by Gasteiger charge is -2.04. The lowest BCUT2D eigenvalue weighted by molar-refractivity contribution is 0.962. The molecule has 0 aliphatic heterocycles. The van der Waals surface area contributed by atoms with Gasteiger partial charge in [-0.05, 0) is 17.5 Å². The molecule has 0 saturated carbocycles. The Morgan fingerprint density at radius 2 is 2.19 bits per heavy atom. The van der Waals surface area contributed by atoms with E-state index in [2.05, 4.69) is 4.98 Å². The van der Waals surface area contributed by atoms with E-state index in [-0.39, 0.29) is 0 Å². The lowest BCUT2D eigenvalue weighted by atomic mass is 10.2. The number of fused-ring (bicyclic) bond motifs is 3. The molecule has 3 nitrogen and oxygen atoms in total. The first-order chi connectivity index (χ1) is 7.81. The average molecular weight is 232 g/mol. The first-order valence-corrected chi connectivity index (χ1v) is 5.42. The molecule has 3 aromatic rings. The van der Waals surface area contributed by atoms with Crippen LogP contribution < -0.4 is 5.73 Å². The maximum atomic E-state index is 6.20. The number of hydrogen-bond acceptors (Lipinski definition) is 2. The summed E-state index contributed by atoms with van der Waals surface area (Å²) < 4.78 is 1.98. The van der Waals surface area contributed by atoms with E-state index < -0.39 is 0 Å². The summed E-state index contributed by atoms with van der Waals surface area (Å²) in [5.74, 6) is 0. The molecule has 1 aromatic carbocycles. The van der Waals surface area contributed by atoms with Crippen LogP contribution in [-0.4, -0.2) is 9.38 Å². The summed E-state index contributed by atoms with van der Waals surface area (Å²) in [6.07, 6.45) is 3.77. The number of nitrogens with zero attached hydrogens (tertiary/aromatic N) is 2. The highest BCUT2D eigenvalue weighted by Gasteiger charge is 2.07. The summed E-state index contributed by atoms with van der Waals surface area (Å²) >= 11 is 6.20. The minimum atomic E-state index is 0.469. The van der Waals surface area contributed by atoms with E-state index in [1.807, 2.05) is 34.9 Å². The van der Waals surface area contributed by atoms with E-state index in [1.165, 1.54) is 0 Å². The van der Waals surface area contributed by atoms with Crippen molar-refractivity contribution in [2.24, 2.45) is 5.73 Å². The zero-order valence-electron chi connectivity index (χ0n) is 8.52. The third-order valence-corrected chi connectivity index (χ3v) is 3.07. The Balaban J connectivity index is 2.54. The Kier molecular flexibility index (Phi) is 2.09. The van der Waals surface area contributed by atoms with Crippen LogP contribution in [0.25, 0.3) is 16.4 Å². The van der Waals surface area contributed by atoms with Gasteiger partial charge in [0.25, 0.3) is 0 Å². The molecule has 2 heterocycles. The topological polar surface area (TPSA) is 43.3 Å². The third-order valence-electron chi connectivity index (χ3n) is 2.76. The number of pyridine rings is 1. The minimum Gasteiger partial charge on any atom is -0.325 e. The van der Waals surface area contributed by atoms with Crippen molar-refractivity contribution in [2.75, 3.05) is 0 Å². The molecule has 2 N–H and O–H groups in total. The highest BCUT2D eigenvalue weighted by molar-refractivity contribution is 6.36. The number of benzene rings is 1. The predicted octanol–water partition coefficient (Wildman–Crippen LogP) is 2.60. The second-order valence-corrected chi connectivity index (χ2v) is 4.07. The third kappa shape index (κ3) is 1.22. The van der Waals surface area contributed by atoms with E-state index in [0.717, 1.165) is 27.1 Å². The van der Waals surface area contributed by atoms with Crippen molar-refractivity contribution in [1.82, 2.24) is 9.38 Å². The first-order valence-electron chi connectivity index (χ1n) is 5.04. The van der Waals surface area contributed by atoms with Crippen LogP contribution >= 0.6 is 11.6 Å². The Hall–Kier alpha value is -1.58. The summed E-state index contributed by atoms with van der Waals surface area (Å²) in [5.41, 5.74) is 7.50. The van der Waals surface area contributed by atoms with Crippen LogP contribution in [0.1, 0.15) is 5.69 Å². The molecular weight excluding hydrogens is 222 g/mol. The van der Waals surface area contributed by atoms with Crippen molar-refractivity contribution in [3.8, 4) is 0 Å². The predicted molar refractivity (Wildman–Crippen MR) is 65.6 cm³/mol. The van der Waals surface area contributed by atoms with Gasteiger partial charge in [0.1, 0.15) is 5.65 Å². The van der Waals surface area contributed by atoms with Crippen LogP contribution in [-0.2, 0) is 6.54 Å². The highest BCUT2D eigenvalue weighted by atomic mass is 35.5. The van der Waals surface area contributed by atoms with Crippen LogP contribution in [0.15, 0.2) is 36.7 Å². The van der Waals surface area contributed by atoms with Gasteiger partial charge in [-0.2, -0.15) is 0 Å². The van der Waals surface area contributed by atoms with E-state index in [4.69, 9.17) is 17.3 Å². The number of aromatic nitrogens is 2. The quantitative estimate of drug-likeness (QED) is 0.700. The molecule has 0 unspecified atom stereocenters. The summed E-state index contributed by atoms with van der Waals surface area (Å²) in [6.45, 7) is 0.469. The molecule has 0 saturated heterocycles. The standard InChI is InChI=1S/C12H10ClN3/c13-10-3-1-2-8-4-5-16-9(6-14)7-15-12(16)11(8)10/h1-5,7H,6,14H2. The molecule has 0 spiro atoms. The fourth-order valence-electron chi connectivity index (χ4n) is 1.97. The zero-order valence-corrected chi connectivity index (χ0v) is 9.28. The van der Waals surface area contributed by atoms with Gasteiger partial charge in [-0.15, -0.1) is 0 Å². The van der Waals surface area contributed by atoms with Gasteiger partial charge >= 0.3 is 0 Å². The number of imidazole rings is 1. The molecule has 0 fully saturated rings. The van der Waals surface area contributed by atoms with Crippen molar-refractivity contribution >= 4 is 28.0 Å². The van der Waals surface area contributed by atoms with Crippen LogP contribution in [0.2, 0.25) is 5.02 Å². The van der Waals surface area contributed by atoms with Crippen LogP contribution in [0.5, 0.6) is 0 Å². The normalized spacial score (nSPS) is 11.4. The first kappa shape index (κ1) is 9.63. The van der Waals surface area contributed by atoms with E-state index in [9.17, 15) is 0 Å². The average Bonchev–Trinajstić information content (AvgIpc) is 2.72. The molecule has 0 bridgehead atoms. The van der Waals surface area contributed by atoms with E-state index in [0.29, 0.717) is 6.54 Å². The molecule has 80 valence electrons. The number of halogens is 1. The molecule has 3 rings (SSSR count). The van der Waals surface area contributed by atoms with Gasteiger partial charge in [-0.1, -0.05) is 23.7 Å². The second-order valence-electron chi connectivity index (χ2n) is 3.67. The maximum Gasteiger partial charge on any atom is 0.146 e. The van der Waals surface area contributed by atoms with E-state index in [1.54, 1.807) is 6.20 Å². The van der Waals surface area contributed by atoms with Gasteiger partial charge in [0.05, 0.1) is 16.9 Å². The molecule has 2 aromatic heterocycles. The molecule has 0 atom stereocenters. The maximum absolute atomic E-state index is 6.20. The van der Waals surface area contributed by atoms with Crippen LogP contribution in [0.4, 0.5) is 0 Å². The van der Waals surface area contributed by atoms with E-state index >= 15 is 0 Å². The van der Waals surface area contributed by atoms with Gasteiger partial charge in [0, 0.05) is 18.1 Å². The Labute approximate surface area is 97.5 Å². The van der Waals surface area contributed by atoms with Gasteiger partial charge in [-0.25, -0.2) is 4.98 Å². The number of hydrogen-bond donors (Lipinski definition) is 1. The summed E-state index contributed by atoms with van der Waals surface area (Å²) in [5, 5.41) is 2.79. The van der Waals surface area contributed by atoms with Gasteiger partial charge < -0.3 is 10.1 Å². The molecule has 16 heavy (non-hydrogen) atoms. The SMILES string of the molecule is NCc1cnc2c3c(Cl)cccc3ccn12. The van der Waals surface area contributed by atoms with Crippen LogP contribution in [0, 0.1) is 0 Å². The summed E-state index contributed by atoms with van der Waals surface area (Å²) in [6, 6.07) is 7.86. The largest absolute Gasteiger partial charge is 0.325 e. The lowest BCUT2D eigenvalue weighted by Crippen LogP contribution is -2.00.